The Labute approximate surface area is 186 Å². The van der Waals surface area contributed by atoms with Crippen LogP contribution in [-0.2, 0) is 22.5 Å². The molecule has 0 bridgehead atoms. The van der Waals surface area contributed by atoms with Crippen molar-refractivity contribution in [2.45, 2.75) is 61.7 Å². The number of amides is 1. The summed E-state index contributed by atoms with van der Waals surface area (Å²) < 4.78 is 89.9. The monoisotopic (exact) mass is 491 g/mol. The Kier molecular flexibility index (Phi) is 5.74. The third kappa shape index (κ3) is 5.17. The highest BCUT2D eigenvalue weighted by molar-refractivity contribution is 7.91. The average Bonchev–Trinajstić information content (AvgIpc) is 3.37. The second kappa shape index (κ2) is 8.03. The topological polar surface area (TPSA) is 101 Å². The predicted octanol–water partition coefficient (Wildman–Crippen LogP) is 4.90. The maximum Gasteiger partial charge on any atom is 0.420 e. The molecule has 4 rings (SSSR count). The average molecular weight is 491 g/mol. The van der Waals surface area contributed by atoms with Gasteiger partial charge in [0.15, 0.2) is 0 Å². The normalized spacial score (nSPS) is 22.2. The van der Waals surface area contributed by atoms with Crippen molar-refractivity contribution in [2.75, 3.05) is 11.6 Å². The van der Waals surface area contributed by atoms with E-state index >= 15 is 0 Å². The number of pyridine rings is 1. The second-order valence-corrected chi connectivity index (χ2v) is 10.8. The summed E-state index contributed by atoms with van der Waals surface area (Å²) in [4.78, 5) is 16.9. The fourth-order valence-corrected chi connectivity index (χ4v) is 4.71. The van der Waals surface area contributed by atoms with Gasteiger partial charge in [-0.05, 0) is 37.3 Å². The Morgan fingerprint density at radius 1 is 1.33 bits per heavy atom. The number of rotatable bonds is 6. The zero-order valence-electron chi connectivity index (χ0n) is 17.6. The van der Waals surface area contributed by atoms with Gasteiger partial charge in [-0.3, -0.25) is 9.48 Å². The molecule has 0 spiro atoms. The van der Waals surface area contributed by atoms with Crippen LogP contribution in [0.3, 0.4) is 0 Å². The van der Waals surface area contributed by atoms with E-state index in [2.05, 4.69) is 15.4 Å². The van der Waals surface area contributed by atoms with Crippen molar-refractivity contribution < 1.29 is 31.0 Å². The molecule has 2 aliphatic rings. The summed E-state index contributed by atoms with van der Waals surface area (Å²) in [7, 11) is -3.22. The summed E-state index contributed by atoms with van der Waals surface area (Å²) >= 11 is 0. The Hall–Kier alpha value is -2.57. The highest BCUT2D eigenvalue weighted by atomic mass is 32.2. The summed E-state index contributed by atoms with van der Waals surface area (Å²) in [5.74, 6) is -5.04. The summed E-state index contributed by atoms with van der Waals surface area (Å²) in [5.41, 5.74) is -2.12. The van der Waals surface area contributed by atoms with Crippen molar-refractivity contribution in [1.82, 2.24) is 14.8 Å². The van der Waals surface area contributed by atoms with Crippen molar-refractivity contribution in [2.24, 2.45) is 5.92 Å². The zero-order valence-corrected chi connectivity index (χ0v) is 18.4. The second-order valence-electron chi connectivity index (χ2n) is 8.71. The van der Waals surface area contributed by atoms with E-state index in [9.17, 15) is 31.0 Å². The summed E-state index contributed by atoms with van der Waals surface area (Å²) in [6, 6.07) is 2.44. The number of carbonyl (C=O) groups excluding carboxylic acids is 1. The van der Waals surface area contributed by atoms with Gasteiger partial charge in [0, 0.05) is 43.4 Å². The van der Waals surface area contributed by atoms with Crippen LogP contribution in [0.2, 0.25) is 0 Å². The standard InChI is InChI=1S/C20H22F5N5O2S/c1-33(26,32)14-8-13(5-7-27-14)28-18(31)17-15(20(23,24)25)16(12-2-3-12)29-30(17)10-11-4-6-19(21,22)9-11/h5,7-8,11-12,26H,2-4,6,9-10H2,1H3,(H,27,28,31)/t11-,33-/m1/s1. The van der Waals surface area contributed by atoms with Crippen LogP contribution in [0.5, 0.6) is 0 Å². The molecule has 2 aromatic rings. The smallest absolute Gasteiger partial charge is 0.320 e. The minimum absolute atomic E-state index is 0.00747. The number of aromatic nitrogens is 3. The van der Waals surface area contributed by atoms with E-state index in [0.717, 1.165) is 17.0 Å². The van der Waals surface area contributed by atoms with Gasteiger partial charge in [0.05, 0.1) is 15.4 Å². The predicted molar refractivity (Wildman–Crippen MR) is 109 cm³/mol. The lowest BCUT2D eigenvalue weighted by molar-refractivity contribution is -0.138. The number of nitrogens with zero attached hydrogens (tertiary/aromatic N) is 3. The van der Waals surface area contributed by atoms with Crippen LogP contribution in [0.4, 0.5) is 27.6 Å². The van der Waals surface area contributed by atoms with Gasteiger partial charge in [-0.25, -0.2) is 22.8 Å². The highest BCUT2D eigenvalue weighted by Crippen LogP contribution is 2.47. The van der Waals surface area contributed by atoms with Gasteiger partial charge in [-0.15, -0.1) is 0 Å². The van der Waals surface area contributed by atoms with Gasteiger partial charge in [0.1, 0.15) is 16.3 Å². The minimum atomic E-state index is -4.87. The van der Waals surface area contributed by atoms with Crippen LogP contribution in [0, 0.1) is 10.7 Å². The summed E-state index contributed by atoms with van der Waals surface area (Å²) in [5, 5.41) is 6.27. The lowest BCUT2D eigenvalue weighted by Gasteiger charge is -2.15. The van der Waals surface area contributed by atoms with Crippen LogP contribution in [0.25, 0.3) is 0 Å². The molecule has 0 aromatic carbocycles. The van der Waals surface area contributed by atoms with Crippen LogP contribution in [0.1, 0.15) is 59.8 Å². The third-order valence-corrected chi connectivity index (χ3v) is 6.79. The van der Waals surface area contributed by atoms with E-state index in [-0.39, 0.29) is 35.8 Å². The molecule has 2 aliphatic carbocycles. The van der Waals surface area contributed by atoms with E-state index in [1.807, 2.05) is 0 Å². The van der Waals surface area contributed by atoms with Gasteiger partial charge >= 0.3 is 6.18 Å². The maximum atomic E-state index is 14.0. The van der Waals surface area contributed by atoms with Crippen LogP contribution in [-0.4, -0.2) is 37.1 Å². The summed E-state index contributed by atoms with van der Waals surface area (Å²) in [6.45, 7) is -0.231. The molecule has 180 valence electrons. The lowest BCUT2D eigenvalue weighted by Crippen LogP contribution is -2.24. The van der Waals surface area contributed by atoms with E-state index < -0.39 is 57.2 Å². The Morgan fingerprint density at radius 2 is 2.03 bits per heavy atom. The first-order valence-electron chi connectivity index (χ1n) is 10.3. The molecular formula is C20H22F5N5O2S. The highest BCUT2D eigenvalue weighted by Gasteiger charge is 2.47. The molecule has 2 saturated carbocycles. The SMILES string of the molecule is C[S@@](=N)(=O)c1cc(NC(=O)c2c(C(F)(F)F)c(C3CC3)nn2C[C@@H]2CCC(F)(F)C2)ccn1. The van der Waals surface area contributed by atoms with Gasteiger partial charge in [-0.1, -0.05) is 0 Å². The molecule has 7 nitrogen and oxygen atoms in total. The number of carbonyl (C=O) groups is 1. The van der Waals surface area contributed by atoms with Gasteiger partial charge in [0.2, 0.25) is 5.92 Å². The fourth-order valence-electron chi connectivity index (χ4n) is 4.10. The zero-order chi connectivity index (χ0) is 24.2. The first kappa shape index (κ1) is 23.6. The molecule has 33 heavy (non-hydrogen) atoms. The molecular weight excluding hydrogens is 469 g/mol. The molecule has 0 saturated heterocycles. The van der Waals surface area contributed by atoms with Crippen molar-refractivity contribution in [3.8, 4) is 0 Å². The molecule has 2 N–H and O–H groups in total. The van der Waals surface area contributed by atoms with Crippen molar-refractivity contribution in [1.29, 1.82) is 4.78 Å². The molecule has 0 radical (unpaired) electrons. The van der Waals surface area contributed by atoms with Crippen LogP contribution < -0.4 is 5.32 Å². The van der Waals surface area contributed by atoms with Gasteiger partial charge in [0.25, 0.3) is 5.91 Å². The van der Waals surface area contributed by atoms with Gasteiger partial charge < -0.3 is 5.32 Å². The number of hydrogen-bond acceptors (Lipinski definition) is 5. The van der Waals surface area contributed by atoms with Gasteiger partial charge in [-0.2, -0.15) is 18.3 Å². The minimum Gasteiger partial charge on any atom is -0.320 e. The maximum absolute atomic E-state index is 14.0. The molecule has 2 heterocycles. The fraction of sp³-hybridized carbons (Fsp3) is 0.550. The molecule has 0 unspecified atom stereocenters. The van der Waals surface area contributed by atoms with Crippen LogP contribution in [0.15, 0.2) is 23.4 Å². The molecule has 2 aromatic heterocycles. The Balaban J connectivity index is 1.73. The number of nitrogens with one attached hydrogen (secondary N) is 2. The van der Waals surface area contributed by atoms with E-state index in [1.165, 1.54) is 12.3 Å². The molecule has 0 aliphatic heterocycles. The van der Waals surface area contributed by atoms with E-state index in [0.29, 0.717) is 12.8 Å². The molecule has 2 fully saturated rings. The Morgan fingerprint density at radius 3 is 2.58 bits per heavy atom. The van der Waals surface area contributed by atoms with Crippen molar-refractivity contribution in [3.63, 3.8) is 0 Å². The first-order chi connectivity index (χ1) is 15.2. The quantitative estimate of drug-likeness (QED) is 0.562. The first-order valence-corrected chi connectivity index (χ1v) is 12.3. The molecule has 1 amide bonds. The number of alkyl halides is 5. The third-order valence-electron chi connectivity index (χ3n) is 5.77. The lowest BCUT2D eigenvalue weighted by atomic mass is 10.1. The van der Waals surface area contributed by atoms with Crippen molar-refractivity contribution >= 4 is 21.3 Å². The van der Waals surface area contributed by atoms with E-state index in [4.69, 9.17) is 4.78 Å². The number of hydrogen-bond donors (Lipinski definition) is 2. The Bertz CT molecular complexity index is 1190. The molecule has 2 atom stereocenters. The van der Waals surface area contributed by atoms with Crippen molar-refractivity contribution in [3.05, 3.63) is 35.3 Å². The number of anilines is 1. The summed E-state index contributed by atoms with van der Waals surface area (Å²) in [6.07, 6.45) is -2.27. The largest absolute Gasteiger partial charge is 0.420 e. The van der Waals surface area contributed by atoms with Crippen LogP contribution >= 0.6 is 0 Å². The van der Waals surface area contributed by atoms with E-state index in [1.54, 1.807) is 0 Å². The molecule has 13 heteroatoms. The number of halogens is 5.